The van der Waals surface area contributed by atoms with Crippen molar-refractivity contribution in [2.24, 2.45) is 0 Å². The first-order valence-electron chi connectivity index (χ1n) is 4.93. The first-order valence-corrected chi connectivity index (χ1v) is 4.93. The van der Waals surface area contributed by atoms with Crippen molar-refractivity contribution in [2.75, 3.05) is 0 Å². The summed E-state index contributed by atoms with van der Waals surface area (Å²) in [6, 6.07) is 5.62. The molecule has 19 heavy (non-hydrogen) atoms. The molecule has 1 aromatic carbocycles. The maximum absolute atomic E-state index is 12.2. The summed E-state index contributed by atoms with van der Waals surface area (Å²) in [5.74, 6) is -1.45. The molecular formula is C11H9F3LiNO3. The minimum absolute atomic E-state index is 0. The molecule has 2 rings (SSSR count). The zero-order valence-corrected chi connectivity index (χ0v) is 8.91. The Bertz CT molecular complexity index is 594. The Morgan fingerprint density at radius 2 is 2.05 bits per heavy atom. The molecular weight excluding hydrogens is 258 g/mol. The van der Waals surface area contributed by atoms with Crippen LogP contribution in [0.15, 0.2) is 24.3 Å². The number of para-hydroxylation sites is 1. The summed E-state index contributed by atoms with van der Waals surface area (Å²) >= 11 is 0. The van der Waals surface area contributed by atoms with Gasteiger partial charge in [-0.05, 0) is 12.1 Å². The third-order valence-electron chi connectivity index (χ3n) is 2.24. The maximum atomic E-state index is 12.2. The van der Waals surface area contributed by atoms with E-state index in [2.05, 4.69) is 9.72 Å². The molecule has 2 N–H and O–H groups in total. The Morgan fingerprint density at radius 3 is 2.63 bits per heavy atom. The number of alkyl halides is 3. The van der Waals surface area contributed by atoms with Crippen LogP contribution in [0.1, 0.15) is 5.69 Å². The van der Waals surface area contributed by atoms with Crippen LogP contribution in [-0.4, -0.2) is 41.3 Å². The van der Waals surface area contributed by atoms with Gasteiger partial charge >= 0.3 is 31.2 Å². The molecule has 8 heteroatoms. The predicted molar refractivity (Wildman–Crippen MR) is 63.5 cm³/mol. The monoisotopic (exact) mass is 267 g/mol. The average molecular weight is 267 g/mol. The van der Waals surface area contributed by atoms with E-state index in [1.54, 1.807) is 6.07 Å². The summed E-state index contributed by atoms with van der Waals surface area (Å²) in [6.45, 7) is 0. The molecule has 0 saturated heterocycles. The normalized spacial score (nSPS) is 11.1. The Hall–Kier alpha value is -1.58. The van der Waals surface area contributed by atoms with E-state index in [9.17, 15) is 18.0 Å². The summed E-state index contributed by atoms with van der Waals surface area (Å²) in [5.41, 5.74) is 0.446. The molecule has 0 atom stereocenters. The third kappa shape index (κ3) is 3.94. The molecule has 0 aliphatic carbocycles. The van der Waals surface area contributed by atoms with Gasteiger partial charge in [0.1, 0.15) is 0 Å². The molecule has 0 saturated carbocycles. The molecule has 0 aliphatic heterocycles. The van der Waals surface area contributed by atoms with E-state index < -0.39 is 12.3 Å². The van der Waals surface area contributed by atoms with Gasteiger partial charge in [0.2, 0.25) is 0 Å². The average Bonchev–Trinajstić information content (AvgIpc) is 2.57. The van der Waals surface area contributed by atoms with Crippen LogP contribution in [0.3, 0.4) is 0 Å². The van der Waals surface area contributed by atoms with Crippen LogP contribution in [0.5, 0.6) is 5.75 Å². The molecule has 0 aliphatic rings. The second-order valence-electron chi connectivity index (χ2n) is 3.63. The zero-order valence-electron chi connectivity index (χ0n) is 8.91. The van der Waals surface area contributed by atoms with Crippen LogP contribution < -0.4 is 4.74 Å². The van der Waals surface area contributed by atoms with Crippen LogP contribution >= 0.6 is 0 Å². The number of H-pyrrole nitrogens is 1. The van der Waals surface area contributed by atoms with Gasteiger partial charge in [0.25, 0.3) is 0 Å². The van der Waals surface area contributed by atoms with Crippen molar-refractivity contribution in [3.8, 4) is 5.75 Å². The van der Waals surface area contributed by atoms with Crippen LogP contribution in [0.25, 0.3) is 10.9 Å². The summed E-state index contributed by atoms with van der Waals surface area (Å²) in [5, 5.41) is 9.08. The quantitative estimate of drug-likeness (QED) is 0.836. The number of hydrogen-bond acceptors (Lipinski definition) is 2. The van der Waals surface area contributed by atoms with E-state index in [1.807, 2.05) is 0 Å². The summed E-state index contributed by atoms with van der Waals surface area (Å²) < 4.78 is 40.3. The minimum atomic E-state index is -4.79. The van der Waals surface area contributed by atoms with Gasteiger partial charge < -0.3 is 14.8 Å². The van der Waals surface area contributed by atoms with E-state index in [0.29, 0.717) is 11.1 Å². The van der Waals surface area contributed by atoms with E-state index in [1.165, 1.54) is 12.1 Å². The van der Waals surface area contributed by atoms with Crippen LogP contribution in [0.4, 0.5) is 13.2 Å². The van der Waals surface area contributed by atoms with Crippen molar-refractivity contribution in [1.29, 1.82) is 0 Å². The van der Waals surface area contributed by atoms with Crippen molar-refractivity contribution in [2.45, 2.75) is 12.8 Å². The summed E-state index contributed by atoms with van der Waals surface area (Å²) in [6.07, 6.45) is -5.08. The van der Waals surface area contributed by atoms with E-state index in [0.717, 1.165) is 6.07 Å². The van der Waals surface area contributed by atoms with Gasteiger partial charge in [0, 0.05) is 11.1 Å². The topological polar surface area (TPSA) is 62.3 Å². The molecule has 0 fully saturated rings. The number of carboxylic acids is 1. The number of fused-ring (bicyclic) bond motifs is 1. The number of benzene rings is 1. The van der Waals surface area contributed by atoms with Crippen molar-refractivity contribution in [3.63, 3.8) is 0 Å². The van der Waals surface area contributed by atoms with Gasteiger partial charge in [-0.25, -0.2) is 0 Å². The van der Waals surface area contributed by atoms with Gasteiger partial charge in [-0.15, -0.1) is 13.2 Å². The molecule has 98 valence electrons. The first-order chi connectivity index (χ1) is 8.35. The number of aromatic amines is 1. The molecule has 0 radical (unpaired) electrons. The Labute approximate surface area is 117 Å². The van der Waals surface area contributed by atoms with Crippen molar-refractivity contribution in [1.82, 2.24) is 4.98 Å². The Balaban J connectivity index is 0.00000180. The van der Waals surface area contributed by atoms with Crippen LogP contribution in [0, 0.1) is 0 Å². The zero-order chi connectivity index (χ0) is 13.3. The number of hydrogen-bond donors (Lipinski definition) is 2. The number of carbonyl (C=O) groups is 1. The standard InChI is InChI=1S/C11H8F3NO3.Li.H/c12-11(13,14)18-8-3-1-2-6-4-7(5-9(16)17)15-10(6)8;;/h1-4,15H,5H2,(H,16,17);;. The fourth-order valence-electron chi connectivity index (χ4n) is 1.65. The molecule has 0 bridgehead atoms. The van der Waals surface area contributed by atoms with Crippen LogP contribution in [-0.2, 0) is 11.2 Å². The van der Waals surface area contributed by atoms with E-state index in [4.69, 9.17) is 5.11 Å². The predicted octanol–water partition coefficient (Wildman–Crippen LogP) is 2.05. The molecule has 1 heterocycles. The number of carboxylic acid groups (broad SMARTS) is 1. The number of nitrogens with one attached hydrogen (secondary N) is 1. The molecule has 0 spiro atoms. The summed E-state index contributed by atoms with van der Waals surface area (Å²) in [4.78, 5) is 13.1. The van der Waals surface area contributed by atoms with Crippen molar-refractivity contribution < 1.29 is 27.8 Å². The molecule has 0 unspecified atom stereocenters. The van der Waals surface area contributed by atoms with Crippen molar-refractivity contribution in [3.05, 3.63) is 30.0 Å². The second-order valence-corrected chi connectivity index (χ2v) is 3.63. The Kier molecular flexibility index (Phi) is 4.55. The SMILES string of the molecule is O=C(O)Cc1cc2cccc(OC(F)(F)F)c2[nH]1.[LiH]. The number of ether oxygens (including phenoxy) is 1. The molecule has 0 amide bonds. The fraction of sp³-hybridized carbons (Fsp3) is 0.182. The van der Waals surface area contributed by atoms with Gasteiger partial charge in [-0.2, -0.15) is 0 Å². The van der Waals surface area contributed by atoms with Gasteiger partial charge in [-0.1, -0.05) is 12.1 Å². The molecule has 2 aromatic rings. The number of aromatic nitrogens is 1. The van der Waals surface area contributed by atoms with E-state index >= 15 is 0 Å². The summed E-state index contributed by atoms with van der Waals surface area (Å²) in [7, 11) is 0. The van der Waals surface area contributed by atoms with Crippen molar-refractivity contribution >= 4 is 35.7 Å². The van der Waals surface area contributed by atoms with Gasteiger partial charge in [0.05, 0.1) is 11.9 Å². The molecule has 4 nitrogen and oxygen atoms in total. The van der Waals surface area contributed by atoms with Gasteiger partial charge in [0.15, 0.2) is 5.75 Å². The number of rotatable bonds is 3. The number of aliphatic carboxylic acids is 1. The fourth-order valence-corrected chi connectivity index (χ4v) is 1.65. The van der Waals surface area contributed by atoms with E-state index in [-0.39, 0.29) is 36.5 Å². The van der Waals surface area contributed by atoms with Crippen LogP contribution in [0.2, 0.25) is 0 Å². The third-order valence-corrected chi connectivity index (χ3v) is 2.24. The molecule has 1 aromatic heterocycles. The Morgan fingerprint density at radius 1 is 1.37 bits per heavy atom. The number of halogens is 3. The second kappa shape index (κ2) is 5.59. The first kappa shape index (κ1) is 15.5. The van der Waals surface area contributed by atoms with Gasteiger partial charge in [-0.3, -0.25) is 4.79 Å².